The van der Waals surface area contributed by atoms with Crippen molar-refractivity contribution in [3.05, 3.63) is 42.0 Å². The fourth-order valence-corrected chi connectivity index (χ4v) is 2.70. The van der Waals surface area contributed by atoms with Gasteiger partial charge >= 0.3 is 0 Å². The predicted octanol–water partition coefficient (Wildman–Crippen LogP) is 2.51. The van der Waals surface area contributed by atoms with Crippen LogP contribution >= 0.6 is 0 Å². The number of imidazole rings is 1. The number of nitrogen functional groups attached to an aromatic ring is 1. The predicted molar refractivity (Wildman–Crippen MR) is 86.9 cm³/mol. The van der Waals surface area contributed by atoms with Gasteiger partial charge in [-0.15, -0.1) is 0 Å². The summed E-state index contributed by atoms with van der Waals surface area (Å²) >= 11 is 0. The number of anilines is 2. The number of aliphatic imine (C=N–C) groups is 1. The van der Waals surface area contributed by atoms with Gasteiger partial charge in [-0.05, 0) is 35.4 Å². The largest absolute Gasteiger partial charge is 0.369 e. The van der Waals surface area contributed by atoms with Crippen molar-refractivity contribution < 1.29 is 4.79 Å². The fourth-order valence-electron chi connectivity index (χ4n) is 2.70. The summed E-state index contributed by atoms with van der Waals surface area (Å²) in [5.41, 5.74) is 11.2. The Balaban J connectivity index is 1.83. The average molecular weight is 291 g/mol. The fraction of sp³-hybridized carbons (Fsp3) is 0.0625. The normalized spacial score (nSPS) is 16.3. The van der Waals surface area contributed by atoms with Gasteiger partial charge in [0, 0.05) is 11.3 Å². The van der Waals surface area contributed by atoms with Crippen molar-refractivity contribution in [2.24, 2.45) is 4.99 Å². The first kappa shape index (κ1) is 12.6. The summed E-state index contributed by atoms with van der Waals surface area (Å²) in [6.07, 6.45) is 2.40. The molecule has 2 aromatic carbocycles. The van der Waals surface area contributed by atoms with Gasteiger partial charge in [0.2, 0.25) is 0 Å². The van der Waals surface area contributed by atoms with Crippen molar-refractivity contribution in [2.75, 3.05) is 11.1 Å². The second-order valence-corrected chi connectivity index (χ2v) is 5.16. The molecule has 0 saturated carbocycles. The van der Waals surface area contributed by atoms with Crippen LogP contribution in [-0.4, -0.2) is 22.6 Å². The lowest BCUT2D eigenvalue weighted by molar-refractivity contribution is -0.108. The van der Waals surface area contributed by atoms with Gasteiger partial charge < -0.3 is 20.8 Å². The zero-order valence-corrected chi connectivity index (χ0v) is 11.6. The molecule has 1 aliphatic heterocycles. The lowest BCUT2D eigenvalue weighted by atomic mass is 9.97. The van der Waals surface area contributed by atoms with Crippen LogP contribution in [0.3, 0.4) is 0 Å². The standard InChI is InChI=1S/C16H13N5O/c17-16-20-13-4-2-10(6-14(13)21-16)9-1-3-12-11(5-9)15(7-22)19-8-18-12/h1-8,15H,(H,18,19)(H3,17,20,21). The summed E-state index contributed by atoms with van der Waals surface area (Å²) < 4.78 is 0. The van der Waals surface area contributed by atoms with Gasteiger partial charge in [-0.3, -0.25) is 4.99 Å². The molecule has 4 rings (SSSR count). The number of nitrogens with one attached hydrogen (secondary N) is 2. The summed E-state index contributed by atoms with van der Waals surface area (Å²) in [4.78, 5) is 22.5. The molecule has 1 aromatic heterocycles. The Hall–Kier alpha value is -3.15. The van der Waals surface area contributed by atoms with Crippen molar-refractivity contribution in [3.63, 3.8) is 0 Å². The molecule has 1 atom stereocenters. The molecule has 1 unspecified atom stereocenters. The Morgan fingerprint density at radius 2 is 1.95 bits per heavy atom. The molecule has 108 valence electrons. The van der Waals surface area contributed by atoms with Crippen molar-refractivity contribution >= 4 is 35.3 Å². The van der Waals surface area contributed by atoms with Crippen LogP contribution in [0, 0.1) is 0 Å². The lowest BCUT2D eigenvalue weighted by Gasteiger charge is -2.18. The van der Waals surface area contributed by atoms with Crippen molar-refractivity contribution in [2.45, 2.75) is 6.04 Å². The molecule has 0 fully saturated rings. The first-order valence-corrected chi connectivity index (χ1v) is 6.87. The van der Waals surface area contributed by atoms with Gasteiger partial charge in [-0.1, -0.05) is 12.1 Å². The molecule has 0 amide bonds. The Morgan fingerprint density at radius 1 is 1.14 bits per heavy atom. The molecule has 3 aromatic rings. The van der Waals surface area contributed by atoms with Crippen LogP contribution in [0.5, 0.6) is 0 Å². The summed E-state index contributed by atoms with van der Waals surface area (Å²) in [6, 6.07) is 11.4. The number of H-pyrrole nitrogens is 1. The van der Waals surface area contributed by atoms with E-state index in [9.17, 15) is 4.79 Å². The van der Waals surface area contributed by atoms with Crippen LogP contribution in [0.2, 0.25) is 0 Å². The topological polar surface area (TPSA) is 96.2 Å². The number of hydrogen-bond acceptors (Lipinski definition) is 5. The first-order chi connectivity index (χ1) is 10.7. The minimum atomic E-state index is -0.456. The molecule has 0 aliphatic carbocycles. The number of hydrogen-bond donors (Lipinski definition) is 3. The molecule has 4 N–H and O–H groups in total. The number of nitrogens with zero attached hydrogens (tertiary/aromatic N) is 2. The third-order valence-corrected chi connectivity index (χ3v) is 3.79. The van der Waals surface area contributed by atoms with Gasteiger partial charge in [-0.2, -0.15) is 0 Å². The number of nitrogens with two attached hydrogens (primary N) is 1. The molecule has 0 bridgehead atoms. The molecule has 6 nitrogen and oxygen atoms in total. The van der Waals surface area contributed by atoms with Crippen LogP contribution in [0.25, 0.3) is 22.2 Å². The SMILES string of the molecule is Nc1nc2ccc(-c3ccc4c(c3)C(C=O)N=CN4)cc2[nH]1. The van der Waals surface area contributed by atoms with Crippen LogP contribution in [0.4, 0.5) is 11.6 Å². The highest BCUT2D eigenvalue weighted by Crippen LogP contribution is 2.32. The average Bonchev–Trinajstić information content (AvgIpc) is 2.92. The Bertz CT molecular complexity index is 912. The zero-order valence-electron chi connectivity index (χ0n) is 11.6. The molecular weight excluding hydrogens is 278 g/mol. The van der Waals surface area contributed by atoms with E-state index in [4.69, 9.17) is 5.73 Å². The van der Waals surface area contributed by atoms with Gasteiger partial charge in [0.1, 0.15) is 12.3 Å². The molecule has 6 heteroatoms. The number of carbonyl (C=O) groups is 1. The third kappa shape index (κ3) is 1.93. The van der Waals surface area contributed by atoms with E-state index < -0.39 is 6.04 Å². The van der Waals surface area contributed by atoms with E-state index in [1.807, 2.05) is 36.4 Å². The Labute approximate surface area is 126 Å². The zero-order chi connectivity index (χ0) is 15.1. The maximum atomic E-state index is 11.2. The molecule has 0 spiro atoms. The quantitative estimate of drug-likeness (QED) is 0.632. The van der Waals surface area contributed by atoms with E-state index in [0.717, 1.165) is 39.7 Å². The molecule has 0 radical (unpaired) electrons. The minimum Gasteiger partial charge on any atom is -0.369 e. The molecule has 22 heavy (non-hydrogen) atoms. The second-order valence-electron chi connectivity index (χ2n) is 5.16. The Morgan fingerprint density at radius 3 is 2.82 bits per heavy atom. The van der Waals surface area contributed by atoms with Gasteiger partial charge in [-0.25, -0.2) is 4.98 Å². The van der Waals surface area contributed by atoms with Gasteiger partial charge in [0.15, 0.2) is 5.95 Å². The van der Waals surface area contributed by atoms with Gasteiger partial charge in [0.25, 0.3) is 0 Å². The van der Waals surface area contributed by atoms with Crippen molar-refractivity contribution in [3.8, 4) is 11.1 Å². The summed E-state index contributed by atoms with van der Waals surface area (Å²) in [7, 11) is 0. The summed E-state index contributed by atoms with van der Waals surface area (Å²) in [6.45, 7) is 0. The molecular formula is C16H13N5O. The summed E-state index contributed by atoms with van der Waals surface area (Å²) in [5.74, 6) is 0.400. The smallest absolute Gasteiger partial charge is 0.198 e. The highest BCUT2D eigenvalue weighted by atomic mass is 16.1. The van der Waals surface area contributed by atoms with Crippen LogP contribution in [0.15, 0.2) is 41.4 Å². The van der Waals surface area contributed by atoms with E-state index in [1.54, 1.807) is 6.34 Å². The van der Waals surface area contributed by atoms with E-state index in [1.165, 1.54) is 0 Å². The van der Waals surface area contributed by atoms with E-state index >= 15 is 0 Å². The maximum Gasteiger partial charge on any atom is 0.198 e. The van der Waals surface area contributed by atoms with E-state index in [0.29, 0.717) is 5.95 Å². The van der Waals surface area contributed by atoms with Crippen LogP contribution in [-0.2, 0) is 4.79 Å². The summed E-state index contributed by atoms with van der Waals surface area (Å²) in [5, 5.41) is 3.06. The van der Waals surface area contributed by atoms with Gasteiger partial charge in [0.05, 0.1) is 17.4 Å². The Kier molecular flexibility index (Phi) is 2.69. The number of aldehydes is 1. The number of aromatic nitrogens is 2. The number of rotatable bonds is 2. The maximum absolute atomic E-state index is 11.2. The first-order valence-electron chi connectivity index (χ1n) is 6.87. The lowest BCUT2D eigenvalue weighted by Crippen LogP contribution is -2.11. The number of carbonyl (C=O) groups excluding carboxylic acids is 1. The van der Waals surface area contributed by atoms with E-state index in [-0.39, 0.29) is 0 Å². The second kappa shape index (κ2) is 4.70. The monoisotopic (exact) mass is 291 g/mol. The molecule has 1 aliphatic rings. The minimum absolute atomic E-state index is 0.400. The van der Waals surface area contributed by atoms with Crippen LogP contribution < -0.4 is 11.1 Å². The molecule has 0 saturated heterocycles. The number of fused-ring (bicyclic) bond motifs is 2. The highest BCUT2D eigenvalue weighted by Gasteiger charge is 2.17. The van der Waals surface area contributed by atoms with Crippen molar-refractivity contribution in [1.82, 2.24) is 9.97 Å². The number of aromatic amines is 1. The molecule has 2 heterocycles. The van der Waals surface area contributed by atoms with Crippen LogP contribution in [0.1, 0.15) is 11.6 Å². The van der Waals surface area contributed by atoms with Crippen molar-refractivity contribution in [1.29, 1.82) is 0 Å². The third-order valence-electron chi connectivity index (χ3n) is 3.79. The highest BCUT2D eigenvalue weighted by molar-refractivity contribution is 5.88. The van der Waals surface area contributed by atoms with E-state index in [2.05, 4.69) is 20.3 Å². The number of benzene rings is 2.